The highest BCUT2D eigenvalue weighted by atomic mass is 32.2. The summed E-state index contributed by atoms with van der Waals surface area (Å²) in [5, 5.41) is 0. The molecule has 32 heavy (non-hydrogen) atoms. The normalized spacial score (nSPS) is 21.5. The van der Waals surface area contributed by atoms with E-state index < -0.39 is 0 Å². The maximum atomic E-state index is 13.2. The van der Waals surface area contributed by atoms with Crippen molar-refractivity contribution in [3.8, 4) is 5.75 Å². The molecule has 2 atom stereocenters. The first-order valence-corrected chi connectivity index (χ1v) is 11.7. The van der Waals surface area contributed by atoms with Gasteiger partial charge in [-0.15, -0.1) is 0 Å². The Balaban J connectivity index is 1.39. The van der Waals surface area contributed by atoms with Crippen molar-refractivity contribution in [2.75, 3.05) is 51.2 Å². The summed E-state index contributed by atoms with van der Waals surface area (Å²) in [6, 6.07) is 13.9. The molecule has 0 saturated carbocycles. The van der Waals surface area contributed by atoms with Gasteiger partial charge < -0.3 is 23.8 Å². The standard InChI is InChI=1S/C24H31N3O4S/c1-17-7-8-18(2)21(13-17)24(28)26-15-22(29-3)23(16-26)31-20-6-4-5-19(14-20)25-32-27-9-11-30-12-10-27/h4-8,13-14,22-23,25H,9-12,15-16H2,1-3H3. The molecular formula is C24H31N3O4S. The molecule has 1 amide bonds. The minimum absolute atomic E-state index is 0.0247. The molecule has 0 radical (unpaired) electrons. The van der Waals surface area contributed by atoms with Gasteiger partial charge in [-0.2, -0.15) is 0 Å². The second-order valence-corrected chi connectivity index (χ2v) is 9.12. The fourth-order valence-electron chi connectivity index (χ4n) is 3.95. The first-order valence-electron chi connectivity index (χ1n) is 10.9. The fraction of sp³-hybridized carbons (Fsp3) is 0.458. The number of amides is 1. The van der Waals surface area contributed by atoms with E-state index in [4.69, 9.17) is 14.2 Å². The highest BCUT2D eigenvalue weighted by molar-refractivity contribution is 7.98. The Kier molecular flexibility index (Phi) is 7.57. The molecule has 2 aliphatic heterocycles. The van der Waals surface area contributed by atoms with Crippen LogP contribution in [0.2, 0.25) is 0 Å². The van der Waals surface area contributed by atoms with Crippen molar-refractivity contribution in [3.05, 3.63) is 59.2 Å². The molecule has 4 rings (SSSR count). The first-order chi connectivity index (χ1) is 15.5. The van der Waals surface area contributed by atoms with Crippen LogP contribution in [0.5, 0.6) is 5.75 Å². The smallest absolute Gasteiger partial charge is 0.254 e. The van der Waals surface area contributed by atoms with Gasteiger partial charge in [-0.25, -0.2) is 4.31 Å². The number of nitrogens with one attached hydrogen (secondary N) is 1. The number of aryl methyl sites for hydroxylation is 2. The zero-order chi connectivity index (χ0) is 22.5. The van der Waals surface area contributed by atoms with Crippen molar-refractivity contribution in [3.63, 3.8) is 0 Å². The number of morpholine rings is 1. The van der Waals surface area contributed by atoms with E-state index in [9.17, 15) is 4.79 Å². The third-order valence-electron chi connectivity index (χ3n) is 5.81. The molecule has 2 heterocycles. The van der Waals surface area contributed by atoms with E-state index in [2.05, 4.69) is 9.03 Å². The van der Waals surface area contributed by atoms with Crippen LogP contribution in [0.15, 0.2) is 42.5 Å². The third kappa shape index (κ3) is 5.56. The number of likely N-dealkylation sites (tertiary alicyclic amines) is 1. The zero-order valence-electron chi connectivity index (χ0n) is 18.9. The lowest BCUT2D eigenvalue weighted by Gasteiger charge is -2.25. The lowest BCUT2D eigenvalue weighted by molar-refractivity contribution is 0.0340. The monoisotopic (exact) mass is 457 g/mol. The molecule has 7 nitrogen and oxygen atoms in total. The molecule has 2 aromatic carbocycles. The van der Waals surface area contributed by atoms with Crippen LogP contribution in [0.3, 0.4) is 0 Å². The summed E-state index contributed by atoms with van der Waals surface area (Å²) in [6.45, 7) is 8.29. The zero-order valence-corrected chi connectivity index (χ0v) is 19.7. The summed E-state index contributed by atoms with van der Waals surface area (Å²) in [5.41, 5.74) is 3.77. The fourth-order valence-corrected chi connectivity index (χ4v) is 4.64. The second-order valence-electron chi connectivity index (χ2n) is 8.22. The summed E-state index contributed by atoms with van der Waals surface area (Å²) < 4.78 is 23.0. The van der Waals surface area contributed by atoms with Crippen LogP contribution in [0.25, 0.3) is 0 Å². The van der Waals surface area contributed by atoms with Crippen LogP contribution in [0.1, 0.15) is 21.5 Å². The number of rotatable bonds is 7. The van der Waals surface area contributed by atoms with Gasteiger partial charge >= 0.3 is 0 Å². The molecule has 0 aromatic heterocycles. The SMILES string of the molecule is COC1CN(C(=O)c2cc(C)ccc2C)CC1Oc1cccc(NSN2CCOCC2)c1. The van der Waals surface area contributed by atoms with Gasteiger partial charge in [0.15, 0.2) is 0 Å². The summed E-state index contributed by atoms with van der Waals surface area (Å²) in [6.07, 6.45) is -0.403. The van der Waals surface area contributed by atoms with Crippen molar-refractivity contribution in [1.29, 1.82) is 0 Å². The molecule has 172 valence electrons. The number of hydrogen-bond donors (Lipinski definition) is 1. The average Bonchev–Trinajstić information content (AvgIpc) is 3.22. The van der Waals surface area contributed by atoms with Gasteiger partial charge in [-0.1, -0.05) is 23.8 Å². The molecule has 2 aliphatic rings. The Bertz CT molecular complexity index is 935. The van der Waals surface area contributed by atoms with E-state index in [0.29, 0.717) is 13.1 Å². The van der Waals surface area contributed by atoms with E-state index >= 15 is 0 Å². The Labute approximate surface area is 194 Å². The largest absolute Gasteiger partial charge is 0.486 e. The average molecular weight is 458 g/mol. The molecule has 2 aromatic rings. The Morgan fingerprint density at radius 1 is 1.09 bits per heavy atom. The van der Waals surface area contributed by atoms with E-state index in [0.717, 1.165) is 54.4 Å². The number of carbonyl (C=O) groups is 1. The van der Waals surface area contributed by atoms with Gasteiger partial charge in [0, 0.05) is 49.7 Å². The number of anilines is 1. The van der Waals surface area contributed by atoms with Crippen molar-refractivity contribution in [2.45, 2.75) is 26.1 Å². The number of nitrogens with zero attached hydrogens (tertiary/aromatic N) is 2. The van der Waals surface area contributed by atoms with Crippen LogP contribution < -0.4 is 9.46 Å². The minimum atomic E-state index is -0.226. The van der Waals surface area contributed by atoms with Gasteiger partial charge in [0.2, 0.25) is 0 Å². The molecule has 8 heteroatoms. The van der Waals surface area contributed by atoms with E-state index in [1.165, 1.54) is 0 Å². The molecule has 0 bridgehead atoms. The number of hydrogen-bond acceptors (Lipinski definition) is 7. The summed E-state index contributed by atoms with van der Waals surface area (Å²) in [7, 11) is 1.67. The molecule has 2 fully saturated rings. The maximum Gasteiger partial charge on any atom is 0.254 e. The second kappa shape index (κ2) is 10.6. The van der Waals surface area contributed by atoms with E-state index in [1.54, 1.807) is 19.2 Å². The molecule has 2 saturated heterocycles. The third-order valence-corrected chi connectivity index (χ3v) is 6.76. The highest BCUT2D eigenvalue weighted by Crippen LogP contribution is 2.26. The molecule has 2 unspecified atom stereocenters. The van der Waals surface area contributed by atoms with Gasteiger partial charge in [-0.05, 0) is 37.6 Å². The predicted molar refractivity (Wildman–Crippen MR) is 127 cm³/mol. The lowest BCUT2D eigenvalue weighted by Crippen LogP contribution is -2.32. The van der Waals surface area contributed by atoms with E-state index in [1.807, 2.05) is 61.2 Å². The van der Waals surface area contributed by atoms with Crippen molar-refractivity contribution in [2.24, 2.45) is 0 Å². The van der Waals surface area contributed by atoms with Crippen LogP contribution in [0.4, 0.5) is 5.69 Å². The van der Waals surface area contributed by atoms with Gasteiger partial charge in [0.25, 0.3) is 5.91 Å². The lowest BCUT2D eigenvalue weighted by atomic mass is 10.0. The van der Waals surface area contributed by atoms with Crippen LogP contribution in [-0.4, -0.2) is 73.8 Å². The van der Waals surface area contributed by atoms with Crippen molar-refractivity contribution >= 4 is 23.7 Å². The van der Waals surface area contributed by atoms with Crippen LogP contribution in [-0.2, 0) is 9.47 Å². The number of benzene rings is 2. The first kappa shape index (κ1) is 22.9. The highest BCUT2D eigenvalue weighted by Gasteiger charge is 2.37. The topological polar surface area (TPSA) is 63.3 Å². The van der Waals surface area contributed by atoms with Crippen LogP contribution >= 0.6 is 12.1 Å². The Morgan fingerprint density at radius 3 is 2.66 bits per heavy atom. The van der Waals surface area contributed by atoms with Crippen molar-refractivity contribution < 1.29 is 19.0 Å². The van der Waals surface area contributed by atoms with Crippen molar-refractivity contribution in [1.82, 2.24) is 9.21 Å². The Morgan fingerprint density at radius 2 is 1.88 bits per heavy atom. The molecule has 0 aliphatic carbocycles. The Hall–Kier alpha value is -2.26. The number of carbonyl (C=O) groups excluding carboxylic acids is 1. The summed E-state index contributed by atoms with van der Waals surface area (Å²) in [5.74, 6) is 0.780. The van der Waals surface area contributed by atoms with Crippen LogP contribution in [0, 0.1) is 13.8 Å². The number of ether oxygens (including phenoxy) is 3. The molecule has 1 N–H and O–H groups in total. The quantitative estimate of drug-likeness (QED) is 0.638. The van der Waals surface area contributed by atoms with Gasteiger partial charge in [-0.3, -0.25) is 4.79 Å². The molecular weight excluding hydrogens is 426 g/mol. The summed E-state index contributed by atoms with van der Waals surface area (Å²) in [4.78, 5) is 15.0. The van der Waals surface area contributed by atoms with E-state index in [-0.39, 0.29) is 18.1 Å². The predicted octanol–water partition coefficient (Wildman–Crippen LogP) is 3.53. The summed E-state index contributed by atoms with van der Waals surface area (Å²) >= 11 is 1.58. The molecule has 0 spiro atoms. The minimum Gasteiger partial charge on any atom is -0.486 e. The van der Waals surface area contributed by atoms with Gasteiger partial charge in [0.1, 0.15) is 18.0 Å². The maximum absolute atomic E-state index is 13.2. The number of methoxy groups -OCH3 is 1. The van der Waals surface area contributed by atoms with Gasteiger partial charge in [0.05, 0.1) is 26.3 Å².